The summed E-state index contributed by atoms with van der Waals surface area (Å²) in [5.74, 6) is 1.03. The van der Waals surface area contributed by atoms with Gasteiger partial charge >= 0.3 is 0 Å². The maximum atomic E-state index is 9.61. The fourth-order valence-corrected chi connectivity index (χ4v) is 4.46. The number of thioether (sulfide) groups is 1. The molecule has 0 fully saturated rings. The predicted molar refractivity (Wildman–Crippen MR) is 119 cm³/mol. The van der Waals surface area contributed by atoms with Gasteiger partial charge in [0, 0.05) is 17.4 Å². The molecule has 148 valence electrons. The van der Waals surface area contributed by atoms with Gasteiger partial charge in [-0.3, -0.25) is 0 Å². The number of hydrogen-bond acceptors (Lipinski definition) is 8. The molecule has 0 amide bonds. The molecule has 1 unspecified atom stereocenters. The standard InChI is InChI=1S/C20H25N5OS2/c1-12(2)9-14(11-26)10-22-17-16-18(23-19(21)28-16)25-20(24-17)27-13(3)15-7-5-4-6-8-15/h4-8,10,12-14,26H,9,11H2,1-3H3,(H2,21,23,24,25)/t13-,14?/m0/s1. The first kappa shape index (κ1) is 20.7. The van der Waals surface area contributed by atoms with E-state index in [2.05, 4.69) is 52.8 Å². The fourth-order valence-electron chi connectivity index (χ4n) is 2.86. The second kappa shape index (κ2) is 9.45. The summed E-state index contributed by atoms with van der Waals surface area (Å²) in [5.41, 5.74) is 7.66. The highest BCUT2D eigenvalue weighted by Crippen LogP contribution is 2.37. The van der Waals surface area contributed by atoms with Crippen LogP contribution in [0, 0.1) is 11.8 Å². The van der Waals surface area contributed by atoms with E-state index >= 15 is 0 Å². The van der Waals surface area contributed by atoms with Crippen LogP contribution in [0.25, 0.3) is 10.3 Å². The van der Waals surface area contributed by atoms with Gasteiger partial charge in [-0.15, -0.1) is 0 Å². The molecule has 0 aliphatic carbocycles. The molecule has 6 nitrogen and oxygen atoms in total. The number of aliphatic hydroxyl groups is 1. The van der Waals surface area contributed by atoms with Crippen molar-refractivity contribution < 1.29 is 5.11 Å². The molecule has 2 aromatic heterocycles. The number of aliphatic hydroxyl groups excluding tert-OH is 1. The van der Waals surface area contributed by atoms with Gasteiger partial charge in [0.1, 0.15) is 4.70 Å². The quantitative estimate of drug-likeness (QED) is 0.309. The van der Waals surface area contributed by atoms with Crippen LogP contribution in [-0.2, 0) is 0 Å². The number of hydrogen-bond donors (Lipinski definition) is 2. The van der Waals surface area contributed by atoms with E-state index in [1.807, 2.05) is 18.2 Å². The van der Waals surface area contributed by atoms with Crippen molar-refractivity contribution in [3.63, 3.8) is 0 Å². The lowest BCUT2D eigenvalue weighted by Crippen LogP contribution is -2.10. The van der Waals surface area contributed by atoms with Crippen LogP contribution >= 0.6 is 23.1 Å². The van der Waals surface area contributed by atoms with E-state index in [9.17, 15) is 5.11 Å². The van der Waals surface area contributed by atoms with Crippen molar-refractivity contribution in [2.24, 2.45) is 16.8 Å². The lowest BCUT2D eigenvalue weighted by Gasteiger charge is -2.12. The average Bonchev–Trinajstić information content (AvgIpc) is 3.05. The van der Waals surface area contributed by atoms with E-state index in [0.717, 1.165) is 11.1 Å². The van der Waals surface area contributed by atoms with E-state index in [1.54, 1.807) is 18.0 Å². The van der Waals surface area contributed by atoms with Gasteiger partial charge in [-0.25, -0.2) is 19.9 Å². The zero-order valence-electron chi connectivity index (χ0n) is 16.2. The van der Waals surface area contributed by atoms with Crippen LogP contribution in [0.4, 0.5) is 10.9 Å². The van der Waals surface area contributed by atoms with Gasteiger partial charge in [-0.2, -0.15) is 0 Å². The Morgan fingerprint density at radius 1 is 1.18 bits per heavy atom. The van der Waals surface area contributed by atoms with Crippen molar-refractivity contribution in [1.29, 1.82) is 0 Å². The van der Waals surface area contributed by atoms with Crippen LogP contribution in [-0.4, -0.2) is 32.9 Å². The number of aromatic nitrogens is 3. The van der Waals surface area contributed by atoms with Crippen molar-refractivity contribution in [3.05, 3.63) is 35.9 Å². The largest absolute Gasteiger partial charge is 0.396 e. The number of anilines is 1. The predicted octanol–water partition coefficient (Wildman–Crippen LogP) is 4.88. The molecule has 0 aliphatic rings. The molecule has 1 aromatic carbocycles. The van der Waals surface area contributed by atoms with Crippen LogP contribution in [0.2, 0.25) is 0 Å². The zero-order valence-corrected chi connectivity index (χ0v) is 17.9. The highest BCUT2D eigenvalue weighted by molar-refractivity contribution is 7.99. The summed E-state index contributed by atoms with van der Waals surface area (Å²) >= 11 is 2.90. The van der Waals surface area contributed by atoms with Crippen molar-refractivity contribution in [1.82, 2.24) is 15.0 Å². The molecule has 3 N–H and O–H groups in total. The zero-order chi connectivity index (χ0) is 20.1. The average molecular weight is 416 g/mol. The summed E-state index contributed by atoms with van der Waals surface area (Å²) in [7, 11) is 0. The van der Waals surface area contributed by atoms with Gasteiger partial charge < -0.3 is 10.8 Å². The molecule has 0 saturated heterocycles. The third-order valence-electron chi connectivity index (χ3n) is 4.20. The van der Waals surface area contributed by atoms with Gasteiger partial charge in [-0.05, 0) is 24.8 Å². The molecule has 0 radical (unpaired) electrons. The van der Waals surface area contributed by atoms with Crippen LogP contribution in [0.1, 0.15) is 38.0 Å². The molecule has 0 spiro atoms. The summed E-state index contributed by atoms with van der Waals surface area (Å²) in [4.78, 5) is 18.1. The lowest BCUT2D eigenvalue weighted by atomic mass is 9.99. The summed E-state index contributed by atoms with van der Waals surface area (Å²) in [6.45, 7) is 6.44. The second-order valence-electron chi connectivity index (χ2n) is 7.06. The minimum Gasteiger partial charge on any atom is -0.396 e. The van der Waals surface area contributed by atoms with Crippen molar-refractivity contribution >= 4 is 50.6 Å². The van der Waals surface area contributed by atoms with Crippen LogP contribution < -0.4 is 5.73 Å². The second-order valence-corrected chi connectivity index (χ2v) is 9.39. The van der Waals surface area contributed by atoms with Gasteiger partial charge in [0.2, 0.25) is 0 Å². The van der Waals surface area contributed by atoms with E-state index in [4.69, 9.17) is 5.73 Å². The molecule has 8 heteroatoms. The minimum atomic E-state index is -0.00497. The molecule has 28 heavy (non-hydrogen) atoms. The highest BCUT2D eigenvalue weighted by atomic mass is 32.2. The number of thiazole rings is 1. The summed E-state index contributed by atoms with van der Waals surface area (Å²) < 4.78 is 0.770. The third-order valence-corrected chi connectivity index (χ3v) is 6.09. The van der Waals surface area contributed by atoms with Crippen molar-refractivity contribution in [3.8, 4) is 0 Å². The molecule has 0 saturated carbocycles. The first-order valence-corrected chi connectivity index (χ1v) is 11.0. The maximum Gasteiger partial charge on any atom is 0.192 e. The van der Waals surface area contributed by atoms with Crippen LogP contribution in [0.3, 0.4) is 0 Å². The van der Waals surface area contributed by atoms with Gasteiger partial charge in [-0.1, -0.05) is 67.3 Å². The fraction of sp³-hybridized carbons (Fsp3) is 0.400. The number of rotatable bonds is 8. The van der Waals surface area contributed by atoms with Crippen LogP contribution in [0.5, 0.6) is 0 Å². The van der Waals surface area contributed by atoms with Crippen molar-refractivity contribution in [2.75, 3.05) is 12.3 Å². The first-order valence-electron chi connectivity index (χ1n) is 9.27. The number of nitrogen functional groups attached to an aromatic ring is 1. The molecular formula is C20H25N5OS2. The minimum absolute atomic E-state index is 0.00497. The topological polar surface area (TPSA) is 97.3 Å². The highest BCUT2D eigenvalue weighted by Gasteiger charge is 2.16. The molecule has 3 aromatic rings. The lowest BCUT2D eigenvalue weighted by molar-refractivity contribution is 0.247. The van der Waals surface area contributed by atoms with E-state index in [-0.39, 0.29) is 17.8 Å². The molecule has 0 aliphatic heterocycles. The Hall–Kier alpha value is -2.03. The Bertz CT molecular complexity index is 942. The molecule has 3 rings (SSSR count). The number of benzene rings is 1. The smallest absolute Gasteiger partial charge is 0.192 e. The van der Waals surface area contributed by atoms with Crippen molar-refractivity contribution in [2.45, 2.75) is 37.6 Å². The third kappa shape index (κ3) is 5.27. The Kier molecular flexibility index (Phi) is 6.98. The van der Waals surface area contributed by atoms with E-state index in [0.29, 0.717) is 27.7 Å². The summed E-state index contributed by atoms with van der Waals surface area (Å²) in [6.07, 6.45) is 2.65. The number of nitrogens with two attached hydrogens (primary N) is 1. The molecule has 2 heterocycles. The first-order chi connectivity index (χ1) is 13.5. The van der Waals surface area contributed by atoms with Gasteiger partial charge in [0.25, 0.3) is 0 Å². The Morgan fingerprint density at radius 3 is 2.61 bits per heavy atom. The Labute approximate surface area is 173 Å². The monoisotopic (exact) mass is 415 g/mol. The van der Waals surface area contributed by atoms with Crippen LogP contribution in [0.15, 0.2) is 40.5 Å². The van der Waals surface area contributed by atoms with E-state index < -0.39 is 0 Å². The SMILES string of the molecule is CC(C)CC(C=Nc1nc(S[C@@H](C)c2ccccc2)nc2nc(N)sc12)CO. The molecule has 0 bridgehead atoms. The number of aliphatic imine (C=N–C) groups is 1. The number of nitrogens with zero attached hydrogens (tertiary/aromatic N) is 4. The molecular weight excluding hydrogens is 390 g/mol. The maximum absolute atomic E-state index is 9.61. The summed E-state index contributed by atoms with van der Waals surface area (Å²) in [5, 5.41) is 10.9. The van der Waals surface area contributed by atoms with Gasteiger partial charge in [0.05, 0.1) is 6.61 Å². The van der Waals surface area contributed by atoms with E-state index in [1.165, 1.54) is 16.9 Å². The number of fused-ring (bicyclic) bond motifs is 1. The Morgan fingerprint density at radius 2 is 1.93 bits per heavy atom. The normalized spacial score (nSPS) is 14.2. The summed E-state index contributed by atoms with van der Waals surface area (Å²) in [6, 6.07) is 10.2. The van der Waals surface area contributed by atoms with Gasteiger partial charge in [0.15, 0.2) is 21.8 Å². The molecule has 2 atom stereocenters. The Balaban J connectivity index is 1.90.